The Bertz CT molecular complexity index is 798. The van der Waals surface area contributed by atoms with Crippen molar-refractivity contribution >= 4 is 22.6 Å². The molecule has 0 saturated heterocycles. The predicted octanol–water partition coefficient (Wildman–Crippen LogP) is 5.70. The second kappa shape index (κ2) is 6.69. The van der Waals surface area contributed by atoms with E-state index in [1.54, 1.807) is 36.4 Å². The van der Waals surface area contributed by atoms with Crippen LogP contribution in [0.2, 0.25) is 0 Å². The summed E-state index contributed by atoms with van der Waals surface area (Å²) < 4.78 is 82.3. The Labute approximate surface area is 144 Å². The largest absolute Gasteiger partial charge is 0.437 e. The topological polar surface area (TPSA) is 38.3 Å². The fraction of sp³-hybridized carbons (Fsp3) is 0.353. The van der Waals surface area contributed by atoms with Gasteiger partial charge in [-0.25, -0.2) is 9.18 Å². The molecule has 0 aromatic heterocycles. The Kier molecular flexibility index (Phi) is 5.12. The predicted molar refractivity (Wildman–Crippen MR) is 84.0 cm³/mol. The summed E-state index contributed by atoms with van der Waals surface area (Å²) in [6.45, 7) is 1.02. The van der Waals surface area contributed by atoms with Crippen LogP contribution >= 0.6 is 0 Å². The number of ether oxygens (including phenoxy) is 1. The molecule has 0 bridgehead atoms. The van der Waals surface area contributed by atoms with Gasteiger partial charge < -0.3 is 4.74 Å². The molecule has 0 heterocycles. The van der Waals surface area contributed by atoms with E-state index in [-0.39, 0.29) is 5.69 Å². The number of alkyl halides is 6. The van der Waals surface area contributed by atoms with Crippen LogP contribution in [-0.2, 0) is 4.74 Å². The second-order valence-corrected chi connectivity index (χ2v) is 6.08. The highest BCUT2D eigenvalue weighted by molar-refractivity contribution is 6.00. The molecule has 0 aliphatic carbocycles. The zero-order valence-electron chi connectivity index (χ0n) is 13.7. The number of benzene rings is 2. The molecule has 2 aromatic carbocycles. The van der Waals surface area contributed by atoms with Crippen LogP contribution in [0.15, 0.2) is 42.5 Å². The lowest BCUT2D eigenvalue weighted by Gasteiger charge is -2.35. The number of nitrogens with one attached hydrogen (secondary N) is 1. The van der Waals surface area contributed by atoms with Gasteiger partial charge in [0.05, 0.1) is 5.69 Å². The number of fused-ring (bicyclic) bond motifs is 1. The van der Waals surface area contributed by atoms with Crippen LogP contribution in [0.3, 0.4) is 0 Å². The summed E-state index contributed by atoms with van der Waals surface area (Å²) in [6, 6.07) is 11.6. The van der Waals surface area contributed by atoms with Crippen LogP contribution in [0.5, 0.6) is 0 Å². The average molecular weight is 379 g/mol. The number of rotatable bonds is 4. The second-order valence-electron chi connectivity index (χ2n) is 6.08. The molecule has 9 heteroatoms. The molecule has 3 nitrogen and oxygen atoms in total. The first kappa shape index (κ1) is 19.9. The van der Waals surface area contributed by atoms with Gasteiger partial charge in [-0.15, -0.1) is 0 Å². The smallest absolute Gasteiger partial charge is 0.425 e. The fourth-order valence-corrected chi connectivity index (χ4v) is 2.28. The molecular formula is C17H15F6NO2. The van der Waals surface area contributed by atoms with Gasteiger partial charge in [-0.05, 0) is 25.3 Å². The van der Waals surface area contributed by atoms with Crippen molar-refractivity contribution in [2.75, 3.05) is 5.32 Å². The van der Waals surface area contributed by atoms with Crippen molar-refractivity contribution < 1.29 is 35.9 Å². The van der Waals surface area contributed by atoms with Crippen LogP contribution in [0.4, 0.5) is 36.8 Å². The molecule has 1 atom stereocenters. The van der Waals surface area contributed by atoms with E-state index in [1.807, 2.05) is 0 Å². The number of halogens is 6. The molecule has 0 radical (unpaired) electrons. The normalized spacial score (nSPS) is 14.2. The van der Waals surface area contributed by atoms with E-state index < -0.39 is 30.0 Å². The Hall–Kier alpha value is -2.45. The van der Waals surface area contributed by atoms with Gasteiger partial charge in [-0.2, -0.15) is 22.0 Å². The van der Waals surface area contributed by atoms with Gasteiger partial charge in [0, 0.05) is 5.39 Å². The van der Waals surface area contributed by atoms with E-state index >= 15 is 0 Å². The fourth-order valence-electron chi connectivity index (χ4n) is 2.28. The molecule has 0 aliphatic heterocycles. The van der Waals surface area contributed by atoms with Crippen molar-refractivity contribution in [2.24, 2.45) is 0 Å². The zero-order valence-corrected chi connectivity index (χ0v) is 13.7. The Morgan fingerprint density at radius 2 is 1.58 bits per heavy atom. The van der Waals surface area contributed by atoms with E-state index in [0.717, 1.165) is 5.39 Å². The lowest BCUT2D eigenvalue weighted by atomic mass is 9.95. The number of anilines is 1. The first-order chi connectivity index (χ1) is 11.9. The van der Waals surface area contributed by atoms with Gasteiger partial charge in [0.2, 0.25) is 0 Å². The molecule has 1 amide bonds. The summed E-state index contributed by atoms with van der Waals surface area (Å²) in [5.74, 6) is -4.98. The first-order valence-electron chi connectivity index (χ1n) is 7.42. The number of carbonyl (C=O) groups is 1. The molecule has 0 aliphatic rings. The quantitative estimate of drug-likeness (QED) is 0.692. The van der Waals surface area contributed by atoms with Gasteiger partial charge in [0.15, 0.2) is 5.60 Å². The van der Waals surface area contributed by atoms with Gasteiger partial charge in [-0.1, -0.05) is 36.4 Å². The molecule has 0 fully saturated rings. The molecule has 142 valence electrons. The summed E-state index contributed by atoms with van der Waals surface area (Å²) in [5.41, 5.74) is -2.84. The highest BCUT2D eigenvalue weighted by Gasteiger charge is 2.65. The molecule has 0 saturated carbocycles. The average Bonchev–Trinajstić information content (AvgIpc) is 2.52. The molecule has 1 N–H and O–H groups in total. The van der Waals surface area contributed by atoms with Crippen molar-refractivity contribution in [3.05, 3.63) is 42.5 Å². The van der Waals surface area contributed by atoms with E-state index in [9.17, 15) is 31.1 Å². The molecule has 0 spiro atoms. The lowest BCUT2D eigenvalue weighted by molar-refractivity contribution is -0.284. The molecule has 2 rings (SSSR count). The van der Waals surface area contributed by atoms with Crippen LogP contribution in [0, 0.1) is 0 Å². The van der Waals surface area contributed by atoms with Gasteiger partial charge in [0.1, 0.15) is 0 Å². The maximum atomic E-state index is 13.8. The molecule has 26 heavy (non-hydrogen) atoms. The summed E-state index contributed by atoms with van der Waals surface area (Å²) in [7, 11) is 0. The van der Waals surface area contributed by atoms with Crippen molar-refractivity contribution in [1.82, 2.24) is 0 Å². The Balaban J connectivity index is 2.20. The summed E-state index contributed by atoms with van der Waals surface area (Å²) in [6.07, 6.45) is -11.7. The first-order valence-corrected chi connectivity index (χ1v) is 7.42. The number of hydrogen-bond acceptors (Lipinski definition) is 2. The number of amides is 1. The van der Waals surface area contributed by atoms with Crippen LogP contribution < -0.4 is 5.32 Å². The SMILES string of the molecule is CC(C)(OC(=O)Nc1cccc2ccccc12)C(F)(F)C(F)C(F)(F)F. The standard InChI is InChI=1S/C17H15F6NO2/c1-15(2,16(19,20)13(18)17(21,22)23)26-14(25)24-12-9-5-7-10-6-3-4-8-11(10)12/h3-9,13H,1-2H3,(H,24,25). The lowest BCUT2D eigenvalue weighted by Crippen LogP contribution is -2.57. The van der Waals surface area contributed by atoms with Crippen LogP contribution in [0.1, 0.15) is 13.8 Å². The minimum Gasteiger partial charge on any atom is -0.437 e. The third kappa shape index (κ3) is 3.86. The molecule has 2 aromatic rings. The number of carbonyl (C=O) groups excluding carboxylic acids is 1. The van der Waals surface area contributed by atoms with Crippen LogP contribution in [0.25, 0.3) is 10.8 Å². The maximum absolute atomic E-state index is 13.8. The van der Waals surface area contributed by atoms with E-state index in [0.29, 0.717) is 19.2 Å². The third-order valence-corrected chi connectivity index (χ3v) is 3.78. The van der Waals surface area contributed by atoms with Crippen molar-refractivity contribution in [3.63, 3.8) is 0 Å². The summed E-state index contributed by atoms with van der Waals surface area (Å²) in [4.78, 5) is 11.9. The van der Waals surface area contributed by atoms with Crippen molar-refractivity contribution in [2.45, 2.75) is 37.7 Å². The molecule has 1 unspecified atom stereocenters. The van der Waals surface area contributed by atoms with Gasteiger partial charge >= 0.3 is 18.2 Å². The Morgan fingerprint density at radius 1 is 1.00 bits per heavy atom. The van der Waals surface area contributed by atoms with E-state index in [2.05, 4.69) is 10.1 Å². The van der Waals surface area contributed by atoms with Crippen LogP contribution in [-0.4, -0.2) is 30.0 Å². The zero-order chi connectivity index (χ0) is 19.8. The minimum absolute atomic E-state index is 0.208. The number of hydrogen-bond donors (Lipinski definition) is 1. The highest BCUT2D eigenvalue weighted by Crippen LogP contribution is 2.43. The van der Waals surface area contributed by atoms with Crippen molar-refractivity contribution in [3.8, 4) is 0 Å². The van der Waals surface area contributed by atoms with Crippen molar-refractivity contribution in [1.29, 1.82) is 0 Å². The summed E-state index contributed by atoms with van der Waals surface area (Å²) in [5, 5.41) is 3.49. The Morgan fingerprint density at radius 3 is 2.19 bits per heavy atom. The van der Waals surface area contributed by atoms with E-state index in [4.69, 9.17) is 0 Å². The maximum Gasteiger partial charge on any atom is 0.425 e. The van der Waals surface area contributed by atoms with Gasteiger partial charge in [0.25, 0.3) is 6.17 Å². The monoisotopic (exact) mass is 379 g/mol. The summed E-state index contributed by atoms with van der Waals surface area (Å²) >= 11 is 0. The minimum atomic E-state index is -5.80. The highest BCUT2D eigenvalue weighted by atomic mass is 19.4. The van der Waals surface area contributed by atoms with Gasteiger partial charge in [-0.3, -0.25) is 5.32 Å². The third-order valence-electron chi connectivity index (χ3n) is 3.78. The van der Waals surface area contributed by atoms with E-state index in [1.165, 1.54) is 6.07 Å². The molecular weight excluding hydrogens is 364 g/mol.